The number of carbonyl (C=O) groups excluding carboxylic acids is 1. The smallest absolute Gasteiger partial charge is 0.258 e. The van der Waals surface area contributed by atoms with Crippen molar-refractivity contribution in [3.8, 4) is 11.8 Å². The SMILES string of the molecule is N#Cc1ccccc1OCC(=O)NC(CO)c1ccco1. The number of nitriles is 1. The lowest BCUT2D eigenvalue weighted by atomic mass is 10.2. The molecule has 0 fully saturated rings. The van der Waals surface area contributed by atoms with Crippen LogP contribution in [0.15, 0.2) is 47.1 Å². The van der Waals surface area contributed by atoms with E-state index < -0.39 is 11.9 Å². The first-order valence-electron chi connectivity index (χ1n) is 6.30. The lowest BCUT2D eigenvalue weighted by molar-refractivity contribution is -0.124. The Morgan fingerprint density at radius 2 is 2.19 bits per heavy atom. The second-order valence-corrected chi connectivity index (χ2v) is 4.21. The number of hydrogen-bond acceptors (Lipinski definition) is 5. The Bertz CT molecular complexity index is 631. The summed E-state index contributed by atoms with van der Waals surface area (Å²) in [6.45, 7) is -0.538. The molecular formula is C15H14N2O4. The molecule has 1 atom stereocenters. The molecule has 1 aromatic carbocycles. The molecule has 0 saturated carbocycles. The molecule has 0 spiro atoms. The van der Waals surface area contributed by atoms with Gasteiger partial charge in [0.15, 0.2) is 6.61 Å². The van der Waals surface area contributed by atoms with Gasteiger partial charge in [-0.15, -0.1) is 0 Å². The monoisotopic (exact) mass is 286 g/mol. The van der Waals surface area contributed by atoms with E-state index in [1.54, 1.807) is 36.4 Å². The third kappa shape index (κ3) is 3.84. The number of aliphatic hydroxyl groups is 1. The summed E-state index contributed by atoms with van der Waals surface area (Å²) < 4.78 is 10.4. The van der Waals surface area contributed by atoms with Gasteiger partial charge >= 0.3 is 0 Å². The zero-order chi connectivity index (χ0) is 15.1. The van der Waals surface area contributed by atoms with Crippen LogP contribution in [0.3, 0.4) is 0 Å². The third-order valence-electron chi connectivity index (χ3n) is 2.77. The fourth-order valence-electron chi connectivity index (χ4n) is 1.76. The fourth-order valence-corrected chi connectivity index (χ4v) is 1.76. The summed E-state index contributed by atoms with van der Waals surface area (Å²) in [6.07, 6.45) is 1.46. The van der Waals surface area contributed by atoms with Gasteiger partial charge in [0.25, 0.3) is 5.91 Å². The number of rotatable bonds is 6. The molecule has 108 valence electrons. The molecule has 6 nitrogen and oxygen atoms in total. The van der Waals surface area contributed by atoms with E-state index in [0.29, 0.717) is 17.1 Å². The molecule has 21 heavy (non-hydrogen) atoms. The molecule has 2 N–H and O–H groups in total. The molecule has 1 heterocycles. The number of amides is 1. The summed E-state index contributed by atoms with van der Waals surface area (Å²) >= 11 is 0. The van der Waals surface area contributed by atoms with Crippen molar-refractivity contribution in [1.29, 1.82) is 5.26 Å². The van der Waals surface area contributed by atoms with E-state index in [9.17, 15) is 9.90 Å². The number of aliphatic hydroxyl groups excluding tert-OH is 1. The summed E-state index contributed by atoms with van der Waals surface area (Å²) in [5.74, 6) is 0.384. The molecule has 1 aromatic heterocycles. The second-order valence-electron chi connectivity index (χ2n) is 4.21. The minimum Gasteiger partial charge on any atom is -0.482 e. The van der Waals surface area contributed by atoms with Gasteiger partial charge in [-0.2, -0.15) is 5.26 Å². The van der Waals surface area contributed by atoms with Gasteiger partial charge in [-0.25, -0.2) is 0 Å². The maximum atomic E-state index is 11.8. The number of ether oxygens (including phenoxy) is 1. The highest BCUT2D eigenvalue weighted by atomic mass is 16.5. The van der Waals surface area contributed by atoms with Crippen molar-refractivity contribution in [3.63, 3.8) is 0 Å². The Labute approximate surface area is 121 Å². The topological polar surface area (TPSA) is 95.5 Å². The number of nitrogens with zero attached hydrogens (tertiary/aromatic N) is 1. The minimum absolute atomic E-state index is 0.254. The Kier molecular flexibility index (Phi) is 4.96. The van der Waals surface area contributed by atoms with Crippen molar-refractivity contribution < 1.29 is 19.1 Å². The lowest BCUT2D eigenvalue weighted by Crippen LogP contribution is -2.34. The average Bonchev–Trinajstić information content (AvgIpc) is 3.05. The van der Waals surface area contributed by atoms with Gasteiger partial charge in [-0.05, 0) is 24.3 Å². The summed E-state index contributed by atoms with van der Waals surface area (Å²) in [7, 11) is 0. The molecule has 2 aromatic rings. The van der Waals surface area contributed by atoms with Gasteiger partial charge in [-0.1, -0.05) is 12.1 Å². The van der Waals surface area contributed by atoms with Crippen molar-refractivity contribution in [2.24, 2.45) is 0 Å². The Hall–Kier alpha value is -2.78. The van der Waals surface area contributed by atoms with Gasteiger partial charge in [0.2, 0.25) is 0 Å². The van der Waals surface area contributed by atoms with Crippen LogP contribution >= 0.6 is 0 Å². The van der Waals surface area contributed by atoms with Gasteiger partial charge in [-0.3, -0.25) is 4.79 Å². The number of furan rings is 1. The van der Waals surface area contributed by atoms with Crippen molar-refractivity contribution >= 4 is 5.91 Å². The Balaban J connectivity index is 1.92. The van der Waals surface area contributed by atoms with Crippen molar-refractivity contribution in [1.82, 2.24) is 5.32 Å². The molecule has 0 aliphatic rings. The van der Waals surface area contributed by atoms with Gasteiger partial charge < -0.3 is 19.6 Å². The van der Waals surface area contributed by atoms with E-state index >= 15 is 0 Å². The number of benzene rings is 1. The normalized spacial score (nSPS) is 11.4. The van der Waals surface area contributed by atoms with Crippen LogP contribution in [0.4, 0.5) is 0 Å². The van der Waals surface area contributed by atoms with E-state index in [0.717, 1.165) is 0 Å². The summed E-state index contributed by atoms with van der Waals surface area (Å²) in [4.78, 5) is 11.8. The fraction of sp³-hybridized carbons (Fsp3) is 0.200. The number of carbonyl (C=O) groups is 1. The second kappa shape index (κ2) is 7.12. The summed E-state index contributed by atoms with van der Waals surface area (Å²) in [6, 6.07) is 11.3. The van der Waals surface area contributed by atoms with E-state index in [1.165, 1.54) is 6.26 Å². The highest BCUT2D eigenvalue weighted by Crippen LogP contribution is 2.16. The standard InChI is InChI=1S/C15H14N2O4/c16-8-11-4-1-2-5-13(11)21-10-15(19)17-12(9-18)14-6-3-7-20-14/h1-7,12,18H,9-10H2,(H,17,19). The molecule has 0 aliphatic carbocycles. The van der Waals surface area contributed by atoms with Crippen molar-refractivity contribution in [2.75, 3.05) is 13.2 Å². The maximum Gasteiger partial charge on any atom is 0.258 e. The summed E-state index contributed by atoms with van der Waals surface area (Å²) in [5, 5.41) is 20.8. The van der Waals surface area contributed by atoms with E-state index in [1.807, 2.05) is 6.07 Å². The zero-order valence-electron chi connectivity index (χ0n) is 11.2. The molecule has 0 radical (unpaired) electrons. The van der Waals surface area contributed by atoms with E-state index in [2.05, 4.69) is 5.32 Å². The van der Waals surface area contributed by atoms with Crippen LogP contribution < -0.4 is 10.1 Å². The number of para-hydroxylation sites is 1. The largest absolute Gasteiger partial charge is 0.482 e. The van der Waals surface area contributed by atoms with Crippen LogP contribution in [0.1, 0.15) is 17.4 Å². The van der Waals surface area contributed by atoms with Crippen LogP contribution in [-0.4, -0.2) is 24.2 Å². The minimum atomic E-state index is -0.623. The number of nitrogens with one attached hydrogen (secondary N) is 1. The van der Waals surface area contributed by atoms with Gasteiger partial charge in [0, 0.05) is 0 Å². The van der Waals surface area contributed by atoms with E-state index in [-0.39, 0.29) is 13.2 Å². The highest BCUT2D eigenvalue weighted by molar-refractivity contribution is 5.78. The maximum absolute atomic E-state index is 11.8. The molecule has 0 aliphatic heterocycles. The van der Waals surface area contributed by atoms with Gasteiger partial charge in [0.05, 0.1) is 18.4 Å². The van der Waals surface area contributed by atoms with Crippen LogP contribution in [0.25, 0.3) is 0 Å². The van der Waals surface area contributed by atoms with Crippen LogP contribution in [-0.2, 0) is 4.79 Å². The zero-order valence-corrected chi connectivity index (χ0v) is 11.2. The quantitative estimate of drug-likeness (QED) is 0.836. The van der Waals surface area contributed by atoms with Crippen LogP contribution in [0.2, 0.25) is 0 Å². The number of hydrogen-bond donors (Lipinski definition) is 2. The molecule has 2 rings (SSSR count). The molecular weight excluding hydrogens is 272 g/mol. The highest BCUT2D eigenvalue weighted by Gasteiger charge is 2.16. The van der Waals surface area contributed by atoms with Gasteiger partial charge in [0.1, 0.15) is 23.6 Å². The van der Waals surface area contributed by atoms with E-state index in [4.69, 9.17) is 14.4 Å². The Morgan fingerprint density at radius 3 is 2.86 bits per heavy atom. The average molecular weight is 286 g/mol. The predicted molar refractivity (Wildman–Crippen MR) is 73.3 cm³/mol. The molecule has 0 bridgehead atoms. The lowest BCUT2D eigenvalue weighted by Gasteiger charge is -2.14. The van der Waals surface area contributed by atoms with Crippen LogP contribution in [0, 0.1) is 11.3 Å². The molecule has 1 amide bonds. The molecule has 0 saturated heterocycles. The predicted octanol–water partition coefficient (Wildman–Crippen LogP) is 1.38. The summed E-state index contributed by atoms with van der Waals surface area (Å²) in [5.41, 5.74) is 0.357. The van der Waals surface area contributed by atoms with Crippen molar-refractivity contribution in [2.45, 2.75) is 6.04 Å². The van der Waals surface area contributed by atoms with Crippen LogP contribution in [0.5, 0.6) is 5.75 Å². The Morgan fingerprint density at radius 1 is 1.38 bits per heavy atom. The first-order chi connectivity index (χ1) is 10.2. The molecule has 6 heteroatoms. The first-order valence-corrected chi connectivity index (χ1v) is 6.30. The first kappa shape index (κ1) is 14.6. The van der Waals surface area contributed by atoms with Crippen molar-refractivity contribution in [3.05, 3.63) is 54.0 Å². The molecule has 1 unspecified atom stereocenters. The third-order valence-corrected chi connectivity index (χ3v) is 2.77.